The molecule has 0 radical (unpaired) electrons. The normalized spacial score (nSPS) is 52.2. The Morgan fingerprint density at radius 1 is 1.30 bits per heavy atom. The van der Waals surface area contributed by atoms with E-state index in [-0.39, 0.29) is 0 Å². The maximum atomic E-state index is 3.47. The first-order valence-electron chi connectivity index (χ1n) is 4.41. The highest BCUT2D eigenvalue weighted by molar-refractivity contribution is 5.04. The molecule has 3 heterocycles. The van der Waals surface area contributed by atoms with Gasteiger partial charge < -0.3 is 5.32 Å². The summed E-state index contributed by atoms with van der Waals surface area (Å²) in [7, 11) is 0. The van der Waals surface area contributed by atoms with Crippen LogP contribution in [-0.4, -0.2) is 36.6 Å². The molecule has 2 heteroatoms. The average molecular weight is 138 g/mol. The molecule has 1 N–H and O–H groups in total. The minimum Gasteiger partial charge on any atom is -0.315 e. The van der Waals surface area contributed by atoms with Crippen LogP contribution in [0.15, 0.2) is 0 Å². The molecule has 2 nitrogen and oxygen atoms in total. The first-order valence-corrected chi connectivity index (χ1v) is 4.41. The van der Waals surface area contributed by atoms with Gasteiger partial charge in [-0.3, -0.25) is 4.90 Å². The van der Waals surface area contributed by atoms with E-state index < -0.39 is 0 Å². The topological polar surface area (TPSA) is 15.3 Å². The fourth-order valence-electron chi connectivity index (χ4n) is 2.85. The molecular formula is C8H14N2. The fourth-order valence-corrected chi connectivity index (χ4v) is 2.85. The van der Waals surface area contributed by atoms with E-state index in [1.54, 1.807) is 0 Å². The molecular weight excluding hydrogens is 124 g/mol. The number of nitrogens with one attached hydrogen (secondary N) is 1. The molecule has 0 aliphatic carbocycles. The zero-order valence-electron chi connectivity index (χ0n) is 6.21. The monoisotopic (exact) mass is 138 g/mol. The Bertz CT molecular complexity index is 155. The summed E-state index contributed by atoms with van der Waals surface area (Å²) in [5.74, 6) is 1.01. The van der Waals surface area contributed by atoms with E-state index in [0.717, 1.165) is 18.0 Å². The summed E-state index contributed by atoms with van der Waals surface area (Å²) in [6.07, 6.45) is 2.96. The number of hydrogen-bond donors (Lipinski definition) is 1. The third-order valence-corrected chi connectivity index (χ3v) is 3.49. The highest BCUT2D eigenvalue weighted by Gasteiger charge is 2.47. The molecule has 3 fully saturated rings. The van der Waals surface area contributed by atoms with Gasteiger partial charge in [-0.2, -0.15) is 0 Å². The molecule has 0 aromatic carbocycles. The maximum absolute atomic E-state index is 3.47. The van der Waals surface area contributed by atoms with Crippen LogP contribution in [0.25, 0.3) is 0 Å². The van der Waals surface area contributed by atoms with Gasteiger partial charge in [0.25, 0.3) is 0 Å². The third-order valence-electron chi connectivity index (χ3n) is 3.49. The molecule has 0 spiro atoms. The molecule has 3 rings (SSSR count). The van der Waals surface area contributed by atoms with Crippen LogP contribution < -0.4 is 5.32 Å². The summed E-state index contributed by atoms with van der Waals surface area (Å²) in [6.45, 7) is 3.94. The van der Waals surface area contributed by atoms with Gasteiger partial charge in [0.05, 0.1) is 0 Å². The van der Waals surface area contributed by atoms with Crippen molar-refractivity contribution in [2.75, 3.05) is 19.6 Å². The molecule has 56 valence electrons. The lowest BCUT2D eigenvalue weighted by molar-refractivity contribution is 0.0977. The lowest BCUT2D eigenvalue weighted by Crippen LogP contribution is -2.48. The summed E-state index contributed by atoms with van der Waals surface area (Å²) < 4.78 is 0. The smallest absolute Gasteiger partial charge is 0.0264 e. The minimum atomic E-state index is 0.929. The predicted molar refractivity (Wildman–Crippen MR) is 39.9 cm³/mol. The highest BCUT2D eigenvalue weighted by Crippen LogP contribution is 2.39. The van der Waals surface area contributed by atoms with Crippen molar-refractivity contribution >= 4 is 0 Å². The van der Waals surface area contributed by atoms with Crippen LogP contribution in [0, 0.1) is 5.92 Å². The Hall–Kier alpha value is -0.0800. The molecule has 0 saturated carbocycles. The standard InChI is InChI=1S/C8H14N2/c1-2-10-7(1)3-6-4-9-5-8(6)10/h6-9H,1-5H2/t6-,7+,8-/m0/s1. The number of nitrogens with zero attached hydrogens (tertiary/aromatic N) is 1. The Balaban J connectivity index is 1.85. The van der Waals surface area contributed by atoms with Crippen molar-refractivity contribution in [3.8, 4) is 0 Å². The molecule has 3 atom stereocenters. The molecule has 0 aromatic rings. The Morgan fingerprint density at radius 3 is 3.10 bits per heavy atom. The van der Waals surface area contributed by atoms with E-state index in [2.05, 4.69) is 10.2 Å². The van der Waals surface area contributed by atoms with E-state index >= 15 is 0 Å². The van der Waals surface area contributed by atoms with Gasteiger partial charge in [-0.05, 0) is 25.3 Å². The van der Waals surface area contributed by atoms with Gasteiger partial charge >= 0.3 is 0 Å². The van der Waals surface area contributed by atoms with Gasteiger partial charge in [-0.25, -0.2) is 0 Å². The summed E-state index contributed by atoms with van der Waals surface area (Å²) in [5, 5.41) is 3.47. The van der Waals surface area contributed by atoms with Crippen LogP contribution in [0.5, 0.6) is 0 Å². The van der Waals surface area contributed by atoms with Gasteiger partial charge in [0.1, 0.15) is 0 Å². The first kappa shape index (κ1) is 5.56. The SMILES string of the molecule is C1NC[C@H]2[C@H]1C[C@H]1CCN12. The summed E-state index contributed by atoms with van der Waals surface area (Å²) in [5.41, 5.74) is 0. The minimum absolute atomic E-state index is 0.929. The second-order valence-corrected chi connectivity index (χ2v) is 3.90. The van der Waals surface area contributed by atoms with Crippen molar-refractivity contribution in [2.45, 2.75) is 24.9 Å². The quantitative estimate of drug-likeness (QED) is 0.509. The second kappa shape index (κ2) is 1.74. The zero-order valence-corrected chi connectivity index (χ0v) is 6.21. The van der Waals surface area contributed by atoms with E-state index in [4.69, 9.17) is 0 Å². The Labute approximate surface area is 61.6 Å². The maximum Gasteiger partial charge on any atom is 0.0264 e. The lowest BCUT2D eigenvalue weighted by atomic mass is 10.0. The van der Waals surface area contributed by atoms with Crippen molar-refractivity contribution in [1.82, 2.24) is 10.2 Å². The second-order valence-electron chi connectivity index (χ2n) is 3.90. The predicted octanol–water partition coefficient (Wildman–Crippen LogP) is 0.0524. The fraction of sp³-hybridized carbons (Fsp3) is 1.00. The summed E-state index contributed by atoms with van der Waals surface area (Å²) >= 11 is 0. The van der Waals surface area contributed by atoms with Crippen LogP contribution in [0.2, 0.25) is 0 Å². The summed E-state index contributed by atoms with van der Waals surface area (Å²) in [4.78, 5) is 2.70. The highest BCUT2D eigenvalue weighted by atomic mass is 15.3. The lowest BCUT2D eigenvalue weighted by Gasteiger charge is -2.38. The molecule has 0 amide bonds. The molecule has 3 saturated heterocycles. The van der Waals surface area contributed by atoms with Crippen LogP contribution >= 0.6 is 0 Å². The third kappa shape index (κ3) is 0.523. The van der Waals surface area contributed by atoms with Gasteiger partial charge in [-0.15, -0.1) is 0 Å². The summed E-state index contributed by atoms with van der Waals surface area (Å²) in [6, 6.07) is 1.93. The van der Waals surface area contributed by atoms with E-state index in [1.807, 2.05) is 0 Å². The van der Waals surface area contributed by atoms with E-state index in [0.29, 0.717) is 0 Å². The van der Waals surface area contributed by atoms with Crippen LogP contribution in [0.1, 0.15) is 12.8 Å². The molecule has 10 heavy (non-hydrogen) atoms. The van der Waals surface area contributed by atoms with E-state index in [9.17, 15) is 0 Å². The van der Waals surface area contributed by atoms with Crippen molar-refractivity contribution < 1.29 is 0 Å². The molecule has 3 aliphatic rings. The zero-order chi connectivity index (χ0) is 6.55. The van der Waals surface area contributed by atoms with E-state index in [1.165, 1.54) is 32.5 Å². The number of fused-ring (bicyclic) bond motifs is 3. The number of hydrogen-bond acceptors (Lipinski definition) is 2. The molecule has 3 aliphatic heterocycles. The first-order chi connectivity index (χ1) is 4.95. The van der Waals surface area contributed by atoms with Crippen LogP contribution in [0.4, 0.5) is 0 Å². The number of rotatable bonds is 0. The van der Waals surface area contributed by atoms with Crippen molar-refractivity contribution in [2.24, 2.45) is 5.92 Å². The Morgan fingerprint density at radius 2 is 2.30 bits per heavy atom. The van der Waals surface area contributed by atoms with Gasteiger partial charge in [0.15, 0.2) is 0 Å². The molecule has 0 bridgehead atoms. The van der Waals surface area contributed by atoms with Crippen LogP contribution in [0.3, 0.4) is 0 Å². The average Bonchev–Trinajstić information content (AvgIpc) is 2.35. The molecule has 0 aromatic heterocycles. The molecule has 0 unspecified atom stereocenters. The van der Waals surface area contributed by atoms with Gasteiger partial charge in [-0.1, -0.05) is 0 Å². The largest absolute Gasteiger partial charge is 0.315 e. The van der Waals surface area contributed by atoms with Crippen molar-refractivity contribution in [3.63, 3.8) is 0 Å². The Kier molecular flexibility index (Phi) is 0.968. The van der Waals surface area contributed by atoms with Gasteiger partial charge in [0, 0.05) is 25.2 Å². The van der Waals surface area contributed by atoms with Crippen molar-refractivity contribution in [1.29, 1.82) is 0 Å². The van der Waals surface area contributed by atoms with Gasteiger partial charge in [0.2, 0.25) is 0 Å². The van der Waals surface area contributed by atoms with Crippen molar-refractivity contribution in [3.05, 3.63) is 0 Å². The van der Waals surface area contributed by atoms with Crippen LogP contribution in [-0.2, 0) is 0 Å².